The second-order valence-electron chi connectivity index (χ2n) is 6.15. The number of rotatable bonds is 4. The molecule has 1 aliphatic heterocycles. The third kappa shape index (κ3) is 3.36. The van der Waals surface area contributed by atoms with E-state index in [1.165, 1.54) is 12.1 Å². The summed E-state index contributed by atoms with van der Waals surface area (Å²) < 4.78 is 18.8. The summed E-state index contributed by atoms with van der Waals surface area (Å²) in [7, 11) is 0. The number of nitrogens with two attached hydrogens (primary N) is 1. The first-order valence-electron chi connectivity index (χ1n) is 7.78. The van der Waals surface area contributed by atoms with Crippen molar-refractivity contribution in [1.82, 2.24) is 9.88 Å². The zero-order chi connectivity index (χ0) is 15.5. The molecule has 1 aromatic heterocycles. The number of hydrogen-bond donors (Lipinski definition) is 1. The smallest absolute Gasteiger partial charge is 0.226 e. The molecule has 1 saturated heterocycles. The number of likely N-dealkylation sites (tertiary alicyclic amines) is 1. The van der Waals surface area contributed by atoms with Gasteiger partial charge in [0.1, 0.15) is 12.1 Å². The maximum atomic E-state index is 13.3. The van der Waals surface area contributed by atoms with Crippen LogP contribution in [0.15, 0.2) is 34.9 Å². The van der Waals surface area contributed by atoms with Crippen LogP contribution in [-0.4, -0.2) is 29.5 Å². The van der Waals surface area contributed by atoms with Crippen molar-refractivity contribution in [2.24, 2.45) is 17.6 Å². The molecule has 22 heavy (non-hydrogen) atoms. The Morgan fingerprint density at radius 3 is 3.09 bits per heavy atom. The van der Waals surface area contributed by atoms with Crippen LogP contribution in [-0.2, 0) is 6.54 Å². The van der Waals surface area contributed by atoms with Gasteiger partial charge in [0, 0.05) is 18.7 Å². The van der Waals surface area contributed by atoms with Crippen molar-refractivity contribution in [2.45, 2.75) is 19.9 Å². The Labute approximate surface area is 130 Å². The van der Waals surface area contributed by atoms with Crippen molar-refractivity contribution in [1.29, 1.82) is 0 Å². The van der Waals surface area contributed by atoms with Crippen LogP contribution in [0.3, 0.4) is 0 Å². The normalized spacial score (nSPS) is 22.9. The fourth-order valence-electron chi connectivity index (χ4n) is 3.04. The van der Waals surface area contributed by atoms with E-state index in [-0.39, 0.29) is 5.82 Å². The van der Waals surface area contributed by atoms with E-state index in [1.807, 2.05) is 0 Å². The summed E-state index contributed by atoms with van der Waals surface area (Å²) in [6, 6.07) is 6.30. The minimum atomic E-state index is -0.284. The van der Waals surface area contributed by atoms with Crippen molar-refractivity contribution < 1.29 is 8.81 Å². The molecule has 1 aliphatic rings. The predicted octanol–water partition coefficient (Wildman–Crippen LogP) is 2.90. The van der Waals surface area contributed by atoms with E-state index in [1.54, 1.807) is 18.4 Å². The first kappa shape index (κ1) is 15.2. The highest BCUT2D eigenvalue weighted by atomic mass is 19.1. The largest absolute Gasteiger partial charge is 0.444 e. The van der Waals surface area contributed by atoms with Gasteiger partial charge in [-0.2, -0.15) is 0 Å². The number of piperidine rings is 1. The quantitative estimate of drug-likeness (QED) is 0.943. The maximum absolute atomic E-state index is 13.3. The van der Waals surface area contributed by atoms with Crippen LogP contribution in [0.2, 0.25) is 0 Å². The lowest BCUT2D eigenvalue weighted by atomic mass is 9.87. The molecule has 0 aliphatic carbocycles. The molecule has 118 valence electrons. The minimum Gasteiger partial charge on any atom is -0.444 e. The van der Waals surface area contributed by atoms with Crippen molar-refractivity contribution in [3.63, 3.8) is 0 Å². The standard InChI is InChI=1S/C17H22FN3O/c1-12-5-6-21(9-14(12)8-19)10-16-11-22-17(20-16)13-3-2-4-15(18)7-13/h2-4,7,11-12,14H,5-6,8-10,19H2,1H3. The molecule has 2 aromatic rings. The van der Waals surface area contributed by atoms with Gasteiger partial charge in [-0.15, -0.1) is 0 Å². The van der Waals surface area contributed by atoms with Crippen molar-refractivity contribution in [3.8, 4) is 11.5 Å². The average Bonchev–Trinajstić information content (AvgIpc) is 2.98. The average molecular weight is 303 g/mol. The molecule has 5 heteroatoms. The van der Waals surface area contributed by atoms with Gasteiger partial charge in [0.2, 0.25) is 5.89 Å². The topological polar surface area (TPSA) is 55.3 Å². The highest BCUT2D eigenvalue weighted by Gasteiger charge is 2.25. The summed E-state index contributed by atoms with van der Waals surface area (Å²) in [5.74, 6) is 1.41. The van der Waals surface area contributed by atoms with Gasteiger partial charge in [0.25, 0.3) is 0 Å². The third-order valence-corrected chi connectivity index (χ3v) is 4.51. The van der Waals surface area contributed by atoms with Gasteiger partial charge in [-0.3, -0.25) is 4.90 Å². The van der Waals surface area contributed by atoms with Crippen molar-refractivity contribution >= 4 is 0 Å². The molecule has 2 unspecified atom stereocenters. The summed E-state index contributed by atoms with van der Waals surface area (Å²) in [5.41, 5.74) is 7.39. The molecular weight excluding hydrogens is 281 g/mol. The molecule has 4 nitrogen and oxygen atoms in total. The summed E-state index contributed by atoms with van der Waals surface area (Å²) in [6.45, 7) is 5.81. The number of hydrogen-bond acceptors (Lipinski definition) is 4. The highest BCUT2D eigenvalue weighted by molar-refractivity contribution is 5.52. The van der Waals surface area contributed by atoms with E-state index in [0.717, 1.165) is 38.3 Å². The molecule has 2 N–H and O–H groups in total. The number of oxazole rings is 1. The second-order valence-corrected chi connectivity index (χ2v) is 6.15. The minimum absolute atomic E-state index is 0.284. The van der Waals surface area contributed by atoms with Crippen LogP contribution in [0.25, 0.3) is 11.5 Å². The highest BCUT2D eigenvalue weighted by Crippen LogP contribution is 2.24. The lowest BCUT2D eigenvalue weighted by molar-refractivity contribution is 0.125. The van der Waals surface area contributed by atoms with Crippen molar-refractivity contribution in [2.75, 3.05) is 19.6 Å². The van der Waals surface area contributed by atoms with Gasteiger partial charge in [0.05, 0.1) is 5.69 Å². The number of halogens is 1. The second kappa shape index (κ2) is 6.58. The fraction of sp³-hybridized carbons (Fsp3) is 0.471. The van der Waals surface area contributed by atoms with Crippen LogP contribution < -0.4 is 5.73 Å². The maximum Gasteiger partial charge on any atom is 0.226 e. The summed E-state index contributed by atoms with van der Waals surface area (Å²) >= 11 is 0. The molecule has 0 radical (unpaired) electrons. The first-order valence-corrected chi connectivity index (χ1v) is 7.78. The van der Waals surface area contributed by atoms with Gasteiger partial charge < -0.3 is 10.2 Å². The monoisotopic (exact) mass is 303 g/mol. The van der Waals surface area contributed by atoms with Crippen LogP contribution in [0.5, 0.6) is 0 Å². The van der Waals surface area contributed by atoms with Crippen LogP contribution in [0, 0.1) is 17.7 Å². The molecule has 2 heterocycles. The number of nitrogens with zero attached hydrogens (tertiary/aromatic N) is 2. The predicted molar refractivity (Wildman–Crippen MR) is 83.5 cm³/mol. The van der Waals surface area contributed by atoms with Crippen molar-refractivity contribution in [3.05, 3.63) is 42.0 Å². The van der Waals surface area contributed by atoms with E-state index >= 15 is 0 Å². The van der Waals surface area contributed by atoms with Gasteiger partial charge in [-0.05, 0) is 49.5 Å². The number of aromatic nitrogens is 1. The summed E-state index contributed by atoms with van der Waals surface area (Å²) in [5, 5.41) is 0. The zero-order valence-electron chi connectivity index (χ0n) is 12.8. The molecule has 2 atom stereocenters. The molecule has 3 rings (SSSR count). The Morgan fingerprint density at radius 2 is 2.32 bits per heavy atom. The van der Waals surface area contributed by atoms with E-state index in [2.05, 4.69) is 16.8 Å². The Morgan fingerprint density at radius 1 is 1.45 bits per heavy atom. The van der Waals surface area contributed by atoms with Gasteiger partial charge in [0.15, 0.2) is 0 Å². The first-order chi connectivity index (χ1) is 10.7. The molecule has 0 spiro atoms. The molecular formula is C17H22FN3O. The lowest BCUT2D eigenvalue weighted by Gasteiger charge is -2.36. The molecule has 0 saturated carbocycles. The third-order valence-electron chi connectivity index (χ3n) is 4.51. The number of benzene rings is 1. The SMILES string of the molecule is CC1CCN(Cc2coc(-c3cccc(F)c3)n2)CC1CN. The Bertz CT molecular complexity index is 628. The Kier molecular flexibility index (Phi) is 4.55. The summed E-state index contributed by atoms with van der Waals surface area (Å²) in [4.78, 5) is 6.85. The zero-order valence-corrected chi connectivity index (χ0v) is 12.8. The van der Waals surface area contributed by atoms with E-state index in [0.29, 0.717) is 23.3 Å². The molecule has 0 bridgehead atoms. The molecule has 1 aromatic carbocycles. The van der Waals surface area contributed by atoms with Gasteiger partial charge in [-0.25, -0.2) is 9.37 Å². The van der Waals surface area contributed by atoms with Crippen LogP contribution >= 0.6 is 0 Å². The van der Waals surface area contributed by atoms with E-state index in [4.69, 9.17) is 10.2 Å². The van der Waals surface area contributed by atoms with Gasteiger partial charge in [-0.1, -0.05) is 13.0 Å². The Balaban J connectivity index is 1.67. The van der Waals surface area contributed by atoms with Crippen LogP contribution in [0.1, 0.15) is 19.0 Å². The Hall–Kier alpha value is -1.72. The van der Waals surface area contributed by atoms with E-state index in [9.17, 15) is 4.39 Å². The van der Waals surface area contributed by atoms with Gasteiger partial charge >= 0.3 is 0 Å². The fourth-order valence-corrected chi connectivity index (χ4v) is 3.04. The van der Waals surface area contributed by atoms with Crippen LogP contribution in [0.4, 0.5) is 4.39 Å². The lowest BCUT2D eigenvalue weighted by Crippen LogP contribution is -2.42. The molecule has 1 fully saturated rings. The van der Waals surface area contributed by atoms with E-state index < -0.39 is 0 Å². The molecule has 0 amide bonds. The summed E-state index contributed by atoms with van der Waals surface area (Å²) in [6.07, 6.45) is 2.83.